The van der Waals surface area contributed by atoms with Crippen molar-refractivity contribution in [2.45, 2.75) is 5.75 Å². The van der Waals surface area contributed by atoms with Crippen LogP contribution in [0.25, 0.3) is 0 Å². The van der Waals surface area contributed by atoms with Gasteiger partial charge in [-0.2, -0.15) is 0 Å². The Morgan fingerprint density at radius 3 is 2.62 bits per heavy atom. The van der Waals surface area contributed by atoms with Crippen molar-refractivity contribution >= 4 is 27.3 Å². The molecule has 6 nitrogen and oxygen atoms in total. The first-order chi connectivity index (χ1) is 9.78. The van der Waals surface area contributed by atoms with Gasteiger partial charge < -0.3 is 14.4 Å². The fourth-order valence-corrected chi connectivity index (χ4v) is 3.57. The minimum Gasteiger partial charge on any atom is -0.486 e. The summed E-state index contributed by atoms with van der Waals surface area (Å²) >= 11 is 6.06. The van der Waals surface area contributed by atoms with E-state index < -0.39 is 21.5 Å². The van der Waals surface area contributed by atoms with Crippen molar-refractivity contribution in [3.8, 4) is 11.5 Å². The number of carbonyl (C=O) groups is 1. The molecule has 2 rings (SSSR count). The van der Waals surface area contributed by atoms with Crippen LogP contribution < -0.4 is 9.47 Å². The summed E-state index contributed by atoms with van der Waals surface area (Å²) in [5.41, 5.74) is 0.468. The van der Waals surface area contributed by atoms with Gasteiger partial charge in [-0.25, -0.2) is 8.42 Å². The van der Waals surface area contributed by atoms with Crippen molar-refractivity contribution in [2.75, 3.05) is 33.1 Å². The monoisotopic (exact) mass is 333 g/mol. The Balaban J connectivity index is 2.20. The fraction of sp³-hybridized carbons (Fsp3) is 0.462. The molecular formula is C13H16ClNO5S. The van der Waals surface area contributed by atoms with Crippen molar-refractivity contribution in [3.05, 3.63) is 22.7 Å². The number of hydrogen-bond donors (Lipinski definition) is 0. The van der Waals surface area contributed by atoms with Crippen LogP contribution in [0.4, 0.5) is 0 Å². The fourth-order valence-electron chi connectivity index (χ4n) is 1.87. The molecule has 0 saturated heterocycles. The van der Waals surface area contributed by atoms with Crippen molar-refractivity contribution in [1.82, 2.24) is 4.90 Å². The number of hydrogen-bond acceptors (Lipinski definition) is 5. The maximum absolute atomic E-state index is 12.0. The van der Waals surface area contributed by atoms with Crippen molar-refractivity contribution in [2.24, 2.45) is 0 Å². The van der Waals surface area contributed by atoms with E-state index in [0.717, 1.165) is 0 Å². The zero-order chi connectivity index (χ0) is 15.6. The van der Waals surface area contributed by atoms with Crippen LogP contribution in [0.1, 0.15) is 5.56 Å². The summed E-state index contributed by atoms with van der Waals surface area (Å²) in [6.07, 6.45) is 0. The zero-order valence-corrected chi connectivity index (χ0v) is 13.3. The Morgan fingerprint density at radius 1 is 1.29 bits per heavy atom. The van der Waals surface area contributed by atoms with Crippen LogP contribution in [0, 0.1) is 0 Å². The molecule has 0 radical (unpaired) electrons. The summed E-state index contributed by atoms with van der Waals surface area (Å²) in [5, 5.41) is 0.302. The van der Waals surface area contributed by atoms with E-state index in [4.69, 9.17) is 21.1 Å². The SMILES string of the molecule is CN(C)C(=O)CS(=O)(=O)Cc1cc(Cl)c2c(c1)OCCO2. The number of benzene rings is 1. The summed E-state index contributed by atoms with van der Waals surface area (Å²) in [5.74, 6) is -0.417. The second-order valence-corrected chi connectivity index (χ2v) is 7.39. The molecule has 0 bridgehead atoms. The number of rotatable bonds is 4. The zero-order valence-electron chi connectivity index (χ0n) is 11.8. The molecule has 0 atom stereocenters. The lowest BCUT2D eigenvalue weighted by molar-refractivity contribution is -0.125. The Morgan fingerprint density at radius 2 is 1.95 bits per heavy atom. The number of fused-ring (bicyclic) bond motifs is 1. The number of amides is 1. The van der Waals surface area contributed by atoms with Gasteiger partial charge in [-0.1, -0.05) is 11.6 Å². The standard InChI is InChI=1S/C13H16ClNO5S/c1-15(2)12(16)8-21(17,18)7-9-5-10(14)13-11(6-9)19-3-4-20-13/h5-6H,3-4,7-8H2,1-2H3. The lowest BCUT2D eigenvalue weighted by Crippen LogP contribution is -2.29. The molecule has 1 aromatic carbocycles. The molecule has 0 aliphatic carbocycles. The molecule has 8 heteroatoms. The molecule has 116 valence electrons. The minimum absolute atomic E-state index is 0.275. The van der Waals surface area contributed by atoms with E-state index in [2.05, 4.69) is 0 Å². The third-order valence-corrected chi connectivity index (χ3v) is 4.63. The molecule has 1 aliphatic heterocycles. The molecule has 1 aromatic rings. The lowest BCUT2D eigenvalue weighted by atomic mass is 10.2. The van der Waals surface area contributed by atoms with Gasteiger partial charge in [0.2, 0.25) is 5.91 Å². The van der Waals surface area contributed by atoms with Crippen molar-refractivity contribution < 1.29 is 22.7 Å². The topological polar surface area (TPSA) is 72.9 Å². The number of carbonyl (C=O) groups excluding carboxylic acids is 1. The third kappa shape index (κ3) is 4.01. The number of sulfone groups is 1. The van der Waals surface area contributed by atoms with Crippen molar-refractivity contribution in [1.29, 1.82) is 0 Å². The van der Waals surface area contributed by atoms with Gasteiger partial charge in [0.15, 0.2) is 21.3 Å². The highest BCUT2D eigenvalue weighted by Crippen LogP contribution is 2.38. The van der Waals surface area contributed by atoms with Gasteiger partial charge in [0.05, 0.1) is 10.8 Å². The number of ether oxygens (including phenoxy) is 2. The second kappa shape index (κ2) is 6.11. The van der Waals surface area contributed by atoms with Crippen LogP contribution in [0.2, 0.25) is 5.02 Å². The normalized spacial score (nSPS) is 13.9. The molecule has 0 spiro atoms. The molecule has 0 unspecified atom stereocenters. The molecule has 21 heavy (non-hydrogen) atoms. The van der Waals surface area contributed by atoms with Gasteiger partial charge in [0.25, 0.3) is 0 Å². The number of nitrogens with zero attached hydrogens (tertiary/aromatic N) is 1. The van der Waals surface area contributed by atoms with Gasteiger partial charge in [0, 0.05) is 14.1 Å². The molecule has 1 amide bonds. The van der Waals surface area contributed by atoms with E-state index >= 15 is 0 Å². The molecule has 0 saturated carbocycles. The smallest absolute Gasteiger partial charge is 0.237 e. The first-order valence-electron chi connectivity index (χ1n) is 6.27. The van der Waals surface area contributed by atoms with Crippen LogP contribution in [0.5, 0.6) is 11.5 Å². The van der Waals surface area contributed by atoms with Gasteiger partial charge >= 0.3 is 0 Å². The maximum Gasteiger partial charge on any atom is 0.237 e. The molecule has 0 N–H and O–H groups in total. The number of halogens is 1. The van der Waals surface area contributed by atoms with E-state index in [1.54, 1.807) is 6.07 Å². The van der Waals surface area contributed by atoms with E-state index in [9.17, 15) is 13.2 Å². The third-order valence-electron chi connectivity index (χ3n) is 2.89. The summed E-state index contributed by atoms with van der Waals surface area (Å²) in [6, 6.07) is 3.10. The molecule has 0 fully saturated rings. The molecular weight excluding hydrogens is 318 g/mol. The van der Waals surface area contributed by atoms with Gasteiger partial charge in [-0.15, -0.1) is 0 Å². The molecule has 1 aliphatic rings. The predicted octanol–water partition coefficient (Wildman–Crippen LogP) is 1.11. The van der Waals surface area contributed by atoms with E-state index in [0.29, 0.717) is 35.3 Å². The van der Waals surface area contributed by atoms with Gasteiger partial charge in [-0.3, -0.25) is 4.79 Å². The van der Waals surface area contributed by atoms with Gasteiger partial charge in [-0.05, 0) is 17.7 Å². The highest BCUT2D eigenvalue weighted by molar-refractivity contribution is 7.91. The highest BCUT2D eigenvalue weighted by Gasteiger charge is 2.22. The van der Waals surface area contributed by atoms with Crippen molar-refractivity contribution in [3.63, 3.8) is 0 Å². The average molecular weight is 334 g/mol. The largest absolute Gasteiger partial charge is 0.486 e. The van der Waals surface area contributed by atoms with Gasteiger partial charge in [0.1, 0.15) is 19.0 Å². The predicted molar refractivity (Wildman–Crippen MR) is 78.6 cm³/mol. The lowest BCUT2D eigenvalue weighted by Gasteiger charge is -2.20. The van der Waals surface area contributed by atoms with E-state index in [-0.39, 0.29) is 5.75 Å². The quantitative estimate of drug-likeness (QED) is 0.825. The Kier molecular flexibility index (Phi) is 4.63. The average Bonchev–Trinajstić information content (AvgIpc) is 2.37. The summed E-state index contributed by atoms with van der Waals surface area (Å²) < 4.78 is 34.8. The van der Waals surface area contributed by atoms with E-state index in [1.165, 1.54) is 25.1 Å². The maximum atomic E-state index is 12.0. The van der Waals surface area contributed by atoms with Crippen LogP contribution >= 0.6 is 11.6 Å². The van der Waals surface area contributed by atoms with Crippen LogP contribution in [-0.4, -0.2) is 52.3 Å². The second-order valence-electron chi connectivity index (χ2n) is 4.92. The van der Waals surface area contributed by atoms with Crippen LogP contribution in [-0.2, 0) is 20.4 Å². The first kappa shape index (κ1) is 15.9. The molecule has 0 aromatic heterocycles. The summed E-state index contributed by atoms with van der Waals surface area (Å²) in [6.45, 7) is 0.792. The Bertz CT molecular complexity index is 657. The summed E-state index contributed by atoms with van der Waals surface area (Å²) in [4.78, 5) is 12.8. The van der Waals surface area contributed by atoms with E-state index in [1.807, 2.05) is 0 Å². The van der Waals surface area contributed by atoms with Crippen LogP contribution in [0.15, 0.2) is 12.1 Å². The molecule has 1 heterocycles. The Labute approximate surface area is 128 Å². The highest BCUT2D eigenvalue weighted by atomic mass is 35.5. The summed E-state index contributed by atoms with van der Waals surface area (Å²) in [7, 11) is -0.543. The Hall–Kier alpha value is -1.47. The van der Waals surface area contributed by atoms with Crippen LogP contribution in [0.3, 0.4) is 0 Å². The first-order valence-corrected chi connectivity index (χ1v) is 8.47. The minimum atomic E-state index is -3.57.